The van der Waals surface area contributed by atoms with Crippen molar-refractivity contribution >= 4 is 23.1 Å². The number of nitrogens with two attached hydrogens (primary N) is 1. The Balaban J connectivity index is 2.21. The van der Waals surface area contributed by atoms with Crippen molar-refractivity contribution in [3.63, 3.8) is 0 Å². The minimum atomic E-state index is -4.49. The SMILES string of the molecule is Nc1ccc(Nn2ccc(C(F)(F)F)n2)c(Cl)n1. The van der Waals surface area contributed by atoms with Crippen molar-refractivity contribution in [2.75, 3.05) is 11.2 Å². The van der Waals surface area contributed by atoms with Crippen molar-refractivity contribution in [1.82, 2.24) is 14.9 Å². The van der Waals surface area contributed by atoms with E-state index in [1.54, 1.807) is 0 Å². The van der Waals surface area contributed by atoms with Gasteiger partial charge in [-0.1, -0.05) is 11.6 Å². The molecule has 0 radical (unpaired) electrons. The fraction of sp³-hybridized carbons (Fsp3) is 0.111. The Morgan fingerprint density at radius 2 is 2.00 bits per heavy atom. The van der Waals surface area contributed by atoms with Crippen LogP contribution in [0.1, 0.15) is 5.69 Å². The van der Waals surface area contributed by atoms with Gasteiger partial charge >= 0.3 is 6.18 Å². The van der Waals surface area contributed by atoms with Crippen LogP contribution in [0, 0.1) is 0 Å². The van der Waals surface area contributed by atoms with E-state index in [0.29, 0.717) is 5.69 Å². The molecule has 0 aromatic carbocycles. The predicted molar refractivity (Wildman–Crippen MR) is 59.9 cm³/mol. The van der Waals surface area contributed by atoms with E-state index in [1.807, 2.05) is 0 Å². The molecular formula is C9H7ClF3N5. The molecule has 0 aliphatic carbocycles. The summed E-state index contributed by atoms with van der Waals surface area (Å²) in [7, 11) is 0. The molecule has 0 aliphatic heterocycles. The molecule has 0 spiro atoms. The summed E-state index contributed by atoms with van der Waals surface area (Å²) < 4.78 is 36.9. The fourth-order valence-electron chi connectivity index (χ4n) is 1.19. The predicted octanol–water partition coefficient (Wildman–Crippen LogP) is 2.41. The Morgan fingerprint density at radius 1 is 1.28 bits per heavy atom. The molecule has 3 N–H and O–H groups in total. The van der Waals surface area contributed by atoms with E-state index in [-0.39, 0.29) is 11.0 Å². The number of rotatable bonds is 2. The van der Waals surface area contributed by atoms with Gasteiger partial charge in [-0.2, -0.15) is 18.0 Å². The second kappa shape index (κ2) is 4.37. The van der Waals surface area contributed by atoms with E-state index >= 15 is 0 Å². The number of nitrogens with one attached hydrogen (secondary N) is 1. The van der Waals surface area contributed by atoms with Crippen molar-refractivity contribution < 1.29 is 13.2 Å². The maximum absolute atomic E-state index is 12.3. The highest BCUT2D eigenvalue weighted by Crippen LogP contribution is 2.27. The molecule has 96 valence electrons. The minimum absolute atomic E-state index is 0.0408. The van der Waals surface area contributed by atoms with Crippen LogP contribution in [0.5, 0.6) is 0 Å². The summed E-state index contributed by atoms with van der Waals surface area (Å²) in [4.78, 5) is 4.63. The van der Waals surface area contributed by atoms with Crippen LogP contribution < -0.4 is 11.2 Å². The monoisotopic (exact) mass is 277 g/mol. The lowest BCUT2D eigenvalue weighted by atomic mass is 10.4. The van der Waals surface area contributed by atoms with E-state index in [9.17, 15) is 13.2 Å². The van der Waals surface area contributed by atoms with E-state index in [1.165, 1.54) is 12.1 Å². The Bertz CT molecular complexity index is 566. The van der Waals surface area contributed by atoms with Crippen molar-refractivity contribution in [2.45, 2.75) is 6.18 Å². The van der Waals surface area contributed by atoms with Gasteiger partial charge in [0.1, 0.15) is 5.82 Å². The van der Waals surface area contributed by atoms with Crippen LogP contribution >= 0.6 is 11.6 Å². The third-order valence-electron chi connectivity index (χ3n) is 1.98. The lowest BCUT2D eigenvalue weighted by Crippen LogP contribution is -2.13. The van der Waals surface area contributed by atoms with Crippen molar-refractivity contribution in [1.29, 1.82) is 0 Å². The molecule has 2 heterocycles. The first-order valence-corrected chi connectivity index (χ1v) is 5.06. The summed E-state index contributed by atoms with van der Waals surface area (Å²) in [6, 6.07) is 3.79. The molecule has 0 atom stereocenters. The number of anilines is 2. The topological polar surface area (TPSA) is 68.8 Å². The zero-order chi connectivity index (χ0) is 13.3. The van der Waals surface area contributed by atoms with Crippen LogP contribution in [-0.2, 0) is 6.18 Å². The highest BCUT2D eigenvalue weighted by Gasteiger charge is 2.33. The van der Waals surface area contributed by atoms with Gasteiger partial charge in [0.25, 0.3) is 0 Å². The van der Waals surface area contributed by atoms with Gasteiger partial charge in [0.2, 0.25) is 0 Å². The molecule has 2 rings (SSSR count). The third kappa shape index (κ3) is 2.65. The average Bonchev–Trinajstić information content (AvgIpc) is 2.70. The van der Waals surface area contributed by atoms with Gasteiger partial charge in [-0.15, -0.1) is 5.10 Å². The molecule has 18 heavy (non-hydrogen) atoms. The standard InChI is InChI=1S/C9H7ClF3N5/c10-8-5(1-2-7(14)15-8)16-18-4-3-6(17-18)9(11,12)13/h1-4,16H,(H2,14,15). The Labute approximate surface area is 104 Å². The second-order valence-electron chi connectivity index (χ2n) is 3.33. The molecule has 2 aromatic heterocycles. The van der Waals surface area contributed by atoms with E-state index in [4.69, 9.17) is 17.3 Å². The van der Waals surface area contributed by atoms with Gasteiger partial charge in [-0.05, 0) is 18.2 Å². The molecule has 0 saturated heterocycles. The van der Waals surface area contributed by atoms with Gasteiger partial charge in [0.15, 0.2) is 10.8 Å². The molecule has 9 heteroatoms. The van der Waals surface area contributed by atoms with Gasteiger partial charge in [0, 0.05) is 6.20 Å². The molecule has 0 unspecified atom stereocenters. The first-order chi connectivity index (χ1) is 8.36. The number of aromatic nitrogens is 3. The number of nitrogen functional groups attached to an aromatic ring is 1. The van der Waals surface area contributed by atoms with Crippen molar-refractivity contribution in [3.8, 4) is 0 Å². The van der Waals surface area contributed by atoms with Crippen LogP contribution in [-0.4, -0.2) is 14.9 Å². The quantitative estimate of drug-likeness (QED) is 0.827. The van der Waals surface area contributed by atoms with Crippen LogP contribution in [0.2, 0.25) is 5.15 Å². The van der Waals surface area contributed by atoms with E-state index in [0.717, 1.165) is 17.1 Å². The zero-order valence-corrected chi connectivity index (χ0v) is 9.50. The number of nitrogens with zero attached hydrogens (tertiary/aromatic N) is 3. The van der Waals surface area contributed by atoms with E-state index in [2.05, 4.69) is 15.5 Å². The maximum atomic E-state index is 12.3. The summed E-state index contributed by atoms with van der Waals surface area (Å²) >= 11 is 5.76. The highest BCUT2D eigenvalue weighted by atomic mass is 35.5. The van der Waals surface area contributed by atoms with Gasteiger partial charge in [-0.25, -0.2) is 4.98 Å². The summed E-state index contributed by atoms with van der Waals surface area (Å²) in [6.07, 6.45) is -3.37. The molecule has 2 aromatic rings. The molecule has 5 nitrogen and oxygen atoms in total. The van der Waals surface area contributed by atoms with E-state index < -0.39 is 11.9 Å². The molecule has 0 saturated carbocycles. The van der Waals surface area contributed by atoms with Crippen LogP contribution in [0.25, 0.3) is 0 Å². The van der Waals surface area contributed by atoms with Gasteiger partial charge in [-0.3, -0.25) is 5.43 Å². The highest BCUT2D eigenvalue weighted by molar-refractivity contribution is 6.32. The Hall–Kier alpha value is -1.96. The zero-order valence-electron chi connectivity index (χ0n) is 8.74. The molecule has 0 amide bonds. The van der Waals surface area contributed by atoms with Crippen molar-refractivity contribution in [2.24, 2.45) is 0 Å². The minimum Gasteiger partial charge on any atom is -0.384 e. The lowest BCUT2D eigenvalue weighted by molar-refractivity contribution is -0.141. The van der Waals surface area contributed by atoms with Crippen LogP contribution in [0.4, 0.5) is 24.7 Å². The first-order valence-electron chi connectivity index (χ1n) is 4.68. The molecule has 0 fully saturated rings. The first kappa shape index (κ1) is 12.5. The summed E-state index contributed by atoms with van der Waals surface area (Å²) in [5, 5.41) is 3.34. The Kier molecular flexibility index (Phi) is 3.04. The third-order valence-corrected chi connectivity index (χ3v) is 2.27. The Morgan fingerprint density at radius 3 is 2.56 bits per heavy atom. The lowest BCUT2D eigenvalue weighted by Gasteiger charge is -2.08. The van der Waals surface area contributed by atoms with Crippen LogP contribution in [0.3, 0.4) is 0 Å². The average molecular weight is 278 g/mol. The number of hydrogen-bond donors (Lipinski definition) is 2. The summed E-state index contributed by atoms with van der Waals surface area (Å²) in [5.41, 5.74) is 7.22. The molecular weight excluding hydrogens is 271 g/mol. The second-order valence-corrected chi connectivity index (χ2v) is 3.69. The van der Waals surface area contributed by atoms with Crippen molar-refractivity contribution in [3.05, 3.63) is 35.2 Å². The van der Waals surface area contributed by atoms with Gasteiger partial charge < -0.3 is 5.73 Å². The summed E-state index contributed by atoms with van der Waals surface area (Å²) in [6.45, 7) is 0. The maximum Gasteiger partial charge on any atom is 0.435 e. The number of halogens is 4. The van der Waals surface area contributed by atoms with Gasteiger partial charge in [0.05, 0.1) is 5.69 Å². The number of pyridine rings is 1. The largest absolute Gasteiger partial charge is 0.435 e. The van der Waals surface area contributed by atoms with Crippen LogP contribution in [0.15, 0.2) is 24.4 Å². The summed E-state index contributed by atoms with van der Waals surface area (Å²) in [5.74, 6) is 0.210. The smallest absolute Gasteiger partial charge is 0.384 e. The number of hydrogen-bond acceptors (Lipinski definition) is 4. The molecule has 0 aliphatic rings. The fourth-order valence-corrected chi connectivity index (χ4v) is 1.40. The molecule has 0 bridgehead atoms. The number of alkyl halides is 3. The normalized spacial score (nSPS) is 11.6.